The first-order chi connectivity index (χ1) is 9.04. The second-order valence-electron chi connectivity index (χ2n) is 3.86. The van der Waals surface area contributed by atoms with Gasteiger partial charge in [0, 0.05) is 23.3 Å². The summed E-state index contributed by atoms with van der Waals surface area (Å²) in [5, 5.41) is 4.75. The standard InChI is InChI=1S/C12H12F3N3S/c1-2-17-11(10-6-19-7-18-10)8-5-16-4-3-9(8)12(13,14)15/h3-7,11,17H,2H2,1H3. The minimum atomic E-state index is -4.40. The fourth-order valence-electron chi connectivity index (χ4n) is 1.84. The SMILES string of the molecule is CCNC(c1cscn1)c1cnccc1C(F)(F)F. The number of hydrogen-bond acceptors (Lipinski definition) is 4. The molecule has 0 aliphatic carbocycles. The van der Waals surface area contributed by atoms with Crippen molar-refractivity contribution in [1.82, 2.24) is 15.3 Å². The molecule has 2 aromatic rings. The van der Waals surface area contributed by atoms with E-state index in [-0.39, 0.29) is 5.56 Å². The molecule has 0 bridgehead atoms. The van der Waals surface area contributed by atoms with Crippen LogP contribution in [0.25, 0.3) is 0 Å². The zero-order valence-electron chi connectivity index (χ0n) is 10.1. The maximum absolute atomic E-state index is 13.0. The Morgan fingerprint density at radius 1 is 1.42 bits per heavy atom. The molecule has 0 fully saturated rings. The van der Waals surface area contributed by atoms with Gasteiger partial charge in [0.25, 0.3) is 0 Å². The van der Waals surface area contributed by atoms with Crippen LogP contribution in [-0.2, 0) is 6.18 Å². The van der Waals surface area contributed by atoms with Gasteiger partial charge in [-0.2, -0.15) is 13.2 Å². The third-order valence-electron chi connectivity index (χ3n) is 2.62. The molecule has 102 valence electrons. The molecule has 3 nitrogen and oxygen atoms in total. The number of aromatic nitrogens is 2. The summed E-state index contributed by atoms with van der Waals surface area (Å²) in [5.74, 6) is 0. The Kier molecular flexibility index (Phi) is 4.16. The summed E-state index contributed by atoms with van der Waals surface area (Å²) in [7, 11) is 0. The molecule has 7 heteroatoms. The number of pyridine rings is 1. The van der Waals surface area contributed by atoms with E-state index in [0.717, 1.165) is 12.3 Å². The second-order valence-corrected chi connectivity index (χ2v) is 4.58. The average molecular weight is 287 g/mol. The average Bonchev–Trinajstić information content (AvgIpc) is 2.88. The van der Waals surface area contributed by atoms with Gasteiger partial charge in [-0.25, -0.2) is 4.98 Å². The van der Waals surface area contributed by atoms with Gasteiger partial charge in [-0.1, -0.05) is 6.92 Å². The van der Waals surface area contributed by atoms with Gasteiger partial charge in [-0.3, -0.25) is 4.98 Å². The Labute approximate surface area is 112 Å². The highest BCUT2D eigenvalue weighted by atomic mass is 32.1. The van der Waals surface area contributed by atoms with Crippen LogP contribution in [0.4, 0.5) is 13.2 Å². The van der Waals surface area contributed by atoms with E-state index in [1.807, 2.05) is 6.92 Å². The zero-order valence-corrected chi connectivity index (χ0v) is 10.9. The Balaban J connectivity index is 2.48. The first kappa shape index (κ1) is 14.0. The third-order valence-corrected chi connectivity index (χ3v) is 3.23. The van der Waals surface area contributed by atoms with Gasteiger partial charge in [0.2, 0.25) is 0 Å². The van der Waals surface area contributed by atoms with Crippen LogP contribution in [0.2, 0.25) is 0 Å². The number of rotatable bonds is 4. The monoisotopic (exact) mass is 287 g/mol. The fourth-order valence-corrected chi connectivity index (χ4v) is 2.42. The molecule has 0 saturated heterocycles. The Bertz CT molecular complexity index is 525. The van der Waals surface area contributed by atoms with E-state index in [1.165, 1.54) is 17.5 Å². The Morgan fingerprint density at radius 3 is 2.79 bits per heavy atom. The van der Waals surface area contributed by atoms with Crippen molar-refractivity contribution in [2.75, 3.05) is 6.54 Å². The molecule has 0 radical (unpaired) electrons. The molecule has 0 spiro atoms. The van der Waals surface area contributed by atoms with Gasteiger partial charge in [0.1, 0.15) is 0 Å². The van der Waals surface area contributed by atoms with Crippen molar-refractivity contribution in [3.63, 3.8) is 0 Å². The molecule has 1 N–H and O–H groups in total. The van der Waals surface area contributed by atoms with E-state index in [4.69, 9.17) is 0 Å². The molecule has 2 heterocycles. The number of thiazole rings is 1. The van der Waals surface area contributed by atoms with Crippen LogP contribution in [0, 0.1) is 0 Å². The largest absolute Gasteiger partial charge is 0.416 e. The van der Waals surface area contributed by atoms with Gasteiger partial charge < -0.3 is 5.32 Å². The lowest BCUT2D eigenvalue weighted by Crippen LogP contribution is -2.25. The summed E-state index contributed by atoms with van der Waals surface area (Å²) >= 11 is 1.35. The van der Waals surface area contributed by atoms with Crippen LogP contribution in [0.5, 0.6) is 0 Å². The normalized spacial score (nSPS) is 13.5. The minimum Gasteiger partial charge on any atom is -0.305 e. The molecule has 0 saturated carbocycles. The number of nitrogens with zero attached hydrogens (tertiary/aromatic N) is 2. The fraction of sp³-hybridized carbons (Fsp3) is 0.333. The summed E-state index contributed by atoms with van der Waals surface area (Å²) in [4.78, 5) is 7.90. The van der Waals surface area contributed by atoms with Crippen molar-refractivity contribution in [2.45, 2.75) is 19.1 Å². The van der Waals surface area contributed by atoms with E-state index in [1.54, 1.807) is 10.9 Å². The van der Waals surface area contributed by atoms with Gasteiger partial charge in [0.05, 0.1) is 22.8 Å². The van der Waals surface area contributed by atoms with Crippen molar-refractivity contribution in [2.24, 2.45) is 0 Å². The smallest absolute Gasteiger partial charge is 0.305 e. The van der Waals surface area contributed by atoms with Crippen LogP contribution >= 0.6 is 11.3 Å². The maximum Gasteiger partial charge on any atom is 0.416 e. The van der Waals surface area contributed by atoms with E-state index in [0.29, 0.717) is 12.2 Å². The molecule has 2 rings (SSSR count). The highest BCUT2D eigenvalue weighted by Crippen LogP contribution is 2.35. The van der Waals surface area contributed by atoms with Crippen LogP contribution in [0.15, 0.2) is 29.4 Å². The highest BCUT2D eigenvalue weighted by Gasteiger charge is 2.35. The topological polar surface area (TPSA) is 37.8 Å². The number of alkyl halides is 3. The second kappa shape index (κ2) is 5.66. The van der Waals surface area contributed by atoms with Crippen molar-refractivity contribution in [3.8, 4) is 0 Å². The van der Waals surface area contributed by atoms with Crippen molar-refractivity contribution >= 4 is 11.3 Å². The van der Waals surface area contributed by atoms with E-state index in [9.17, 15) is 13.2 Å². The molecule has 0 aliphatic heterocycles. The minimum absolute atomic E-state index is 0.0998. The Morgan fingerprint density at radius 2 is 2.21 bits per heavy atom. The van der Waals surface area contributed by atoms with Crippen molar-refractivity contribution in [1.29, 1.82) is 0 Å². The van der Waals surface area contributed by atoms with Crippen LogP contribution < -0.4 is 5.32 Å². The maximum atomic E-state index is 13.0. The molecule has 1 atom stereocenters. The van der Waals surface area contributed by atoms with Crippen LogP contribution in [0.3, 0.4) is 0 Å². The lowest BCUT2D eigenvalue weighted by molar-refractivity contribution is -0.138. The molecule has 0 aromatic carbocycles. The lowest BCUT2D eigenvalue weighted by Gasteiger charge is -2.20. The molecular weight excluding hydrogens is 275 g/mol. The summed E-state index contributed by atoms with van der Waals surface area (Å²) in [6.45, 7) is 2.37. The molecule has 19 heavy (non-hydrogen) atoms. The van der Waals surface area contributed by atoms with E-state index >= 15 is 0 Å². The predicted octanol–water partition coefficient (Wildman–Crippen LogP) is 3.26. The molecule has 0 amide bonds. The quantitative estimate of drug-likeness (QED) is 0.938. The summed E-state index contributed by atoms with van der Waals surface area (Å²) in [5.41, 5.74) is 1.60. The third kappa shape index (κ3) is 3.10. The molecule has 0 aliphatic rings. The van der Waals surface area contributed by atoms with Crippen LogP contribution in [0.1, 0.15) is 29.8 Å². The molecule has 1 unspecified atom stereocenters. The lowest BCUT2D eigenvalue weighted by atomic mass is 10.0. The summed E-state index contributed by atoms with van der Waals surface area (Å²) < 4.78 is 39.1. The number of halogens is 3. The molecular formula is C12H12F3N3S. The number of hydrogen-bond donors (Lipinski definition) is 1. The van der Waals surface area contributed by atoms with Gasteiger partial charge in [-0.05, 0) is 12.6 Å². The number of nitrogens with one attached hydrogen (secondary N) is 1. The van der Waals surface area contributed by atoms with Gasteiger partial charge in [-0.15, -0.1) is 11.3 Å². The van der Waals surface area contributed by atoms with Crippen molar-refractivity contribution < 1.29 is 13.2 Å². The molecule has 2 aromatic heterocycles. The first-order valence-electron chi connectivity index (χ1n) is 5.66. The van der Waals surface area contributed by atoms with Crippen LogP contribution in [-0.4, -0.2) is 16.5 Å². The van der Waals surface area contributed by atoms with E-state index in [2.05, 4.69) is 15.3 Å². The van der Waals surface area contributed by atoms with Crippen molar-refractivity contribution in [3.05, 3.63) is 46.2 Å². The summed E-state index contributed by atoms with van der Waals surface area (Å²) in [6.07, 6.45) is -2.01. The highest BCUT2D eigenvalue weighted by molar-refractivity contribution is 7.07. The van der Waals surface area contributed by atoms with E-state index < -0.39 is 17.8 Å². The summed E-state index contributed by atoms with van der Waals surface area (Å²) in [6, 6.07) is 0.396. The van der Waals surface area contributed by atoms with Gasteiger partial charge >= 0.3 is 6.18 Å². The van der Waals surface area contributed by atoms with Gasteiger partial charge in [0.15, 0.2) is 0 Å². The Hall–Kier alpha value is -1.47. The zero-order chi connectivity index (χ0) is 13.9. The predicted molar refractivity (Wildman–Crippen MR) is 66.9 cm³/mol. The first-order valence-corrected chi connectivity index (χ1v) is 6.61.